The summed E-state index contributed by atoms with van der Waals surface area (Å²) in [4.78, 5) is 11.5. The zero-order chi connectivity index (χ0) is 10.7. The highest BCUT2D eigenvalue weighted by Gasteiger charge is 2.26. The number of cyclic esters (lactones) is 1. The molecule has 1 unspecified atom stereocenters. The van der Waals surface area contributed by atoms with Crippen LogP contribution in [0.25, 0.3) is 6.08 Å². The van der Waals surface area contributed by atoms with E-state index in [-0.39, 0.29) is 12.1 Å². The van der Waals surface area contributed by atoms with Crippen LogP contribution in [-0.4, -0.2) is 12.1 Å². The number of esters is 1. The summed E-state index contributed by atoms with van der Waals surface area (Å²) in [6, 6.07) is 9.86. The van der Waals surface area contributed by atoms with Gasteiger partial charge < -0.3 is 4.74 Å². The molecule has 1 heterocycles. The molecule has 1 aromatic carbocycles. The molecule has 0 radical (unpaired) electrons. The molecule has 1 atom stereocenters. The van der Waals surface area contributed by atoms with E-state index in [1.54, 1.807) is 0 Å². The molecule has 0 amide bonds. The number of ether oxygens (including phenoxy) is 1. The van der Waals surface area contributed by atoms with Gasteiger partial charge >= 0.3 is 5.97 Å². The molecule has 2 rings (SSSR count). The summed E-state index contributed by atoms with van der Waals surface area (Å²) < 4.78 is 5.19. The van der Waals surface area contributed by atoms with E-state index in [1.165, 1.54) is 0 Å². The summed E-state index contributed by atoms with van der Waals surface area (Å²) in [7, 11) is 0. The summed E-state index contributed by atoms with van der Waals surface area (Å²) in [5.41, 5.74) is 1.84. The first-order valence-corrected chi connectivity index (χ1v) is 5.26. The third-order valence-electron chi connectivity index (χ3n) is 2.58. The van der Waals surface area contributed by atoms with E-state index >= 15 is 0 Å². The van der Waals surface area contributed by atoms with Gasteiger partial charge in [0.1, 0.15) is 6.10 Å². The van der Waals surface area contributed by atoms with Crippen LogP contribution in [0.15, 0.2) is 35.9 Å². The summed E-state index contributed by atoms with van der Waals surface area (Å²) in [5, 5.41) is 0. The molecule has 1 aromatic rings. The molecule has 1 saturated heterocycles. The number of carbonyl (C=O) groups excluding carboxylic acids is 1. The molecular weight excluding hydrogens is 188 g/mol. The quantitative estimate of drug-likeness (QED) is 0.544. The topological polar surface area (TPSA) is 26.3 Å². The Morgan fingerprint density at radius 2 is 2.13 bits per heavy atom. The molecule has 0 saturated carbocycles. The Hall–Kier alpha value is -1.57. The van der Waals surface area contributed by atoms with E-state index in [9.17, 15) is 4.79 Å². The molecule has 0 spiro atoms. The van der Waals surface area contributed by atoms with Crippen LogP contribution in [0, 0.1) is 0 Å². The van der Waals surface area contributed by atoms with Crippen LogP contribution in [0.2, 0.25) is 0 Å². The predicted molar refractivity (Wildman–Crippen MR) is 59.2 cm³/mol. The van der Waals surface area contributed by atoms with Crippen molar-refractivity contribution in [3.8, 4) is 0 Å². The van der Waals surface area contributed by atoms with Crippen molar-refractivity contribution in [3.63, 3.8) is 0 Å². The van der Waals surface area contributed by atoms with Gasteiger partial charge in [-0.1, -0.05) is 37.3 Å². The van der Waals surface area contributed by atoms with E-state index in [4.69, 9.17) is 4.74 Å². The Labute approximate surface area is 89.6 Å². The highest BCUT2D eigenvalue weighted by atomic mass is 16.5. The molecule has 0 N–H and O–H groups in total. The first-order valence-electron chi connectivity index (χ1n) is 5.26. The van der Waals surface area contributed by atoms with Gasteiger partial charge in [0, 0.05) is 12.0 Å². The van der Waals surface area contributed by atoms with Gasteiger partial charge in [0.15, 0.2) is 0 Å². The molecule has 0 aliphatic carbocycles. The standard InChI is InChI=1S/C13H14O2/c1-2-12-9-11(13(14)15-12)8-10-6-4-3-5-7-10/h3-8,12H,2,9H2,1H3/b11-8-. The van der Waals surface area contributed by atoms with Crippen molar-refractivity contribution >= 4 is 12.0 Å². The summed E-state index contributed by atoms with van der Waals surface area (Å²) in [6.07, 6.45) is 3.62. The first kappa shape index (κ1) is 9.97. The van der Waals surface area contributed by atoms with E-state index in [1.807, 2.05) is 43.3 Å². The van der Waals surface area contributed by atoms with E-state index in [2.05, 4.69) is 0 Å². The second kappa shape index (κ2) is 4.30. The molecule has 1 fully saturated rings. The SMILES string of the molecule is CCC1C/C(=C/c2ccccc2)C(=O)O1. The van der Waals surface area contributed by atoms with Gasteiger partial charge in [-0.3, -0.25) is 0 Å². The van der Waals surface area contributed by atoms with Gasteiger partial charge in [0.05, 0.1) is 0 Å². The van der Waals surface area contributed by atoms with Crippen molar-refractivity contribution in [2.75, 3.05) is 0 Å². The van der Waals surface area contributed by atoms with Crippen molar-refractivity contribution < 1.29 is 9.53 Å². The van der Waals surface area contributed by atoms with Crippen LogP contribution in [0.3, 0.4) is 0 Å². The fourth-order valence-electron chi connectivity index (χ4n) is 1.69. The molecule has 1 aliphatic heterocycles. The Balaban J connectivity index is 2.18. The van der Waals surface area contributed by atoms with E-state index < -0.39 is 0 Å². The molecule has 0 aromatic heterocycles. The highest BCUT2D eigenvalue weighted by Crippen LogP contribution is 2.24. The number of carbonyl (C=O) groups is 1. The normalized spacial score (nSPS) is 23.1. The fourth-order valence-corrected chi connectivity index (χ4v) is 1.69. The van der Waals surface area contributed by atoms with Gasteiger partial charge in [-0.15, -0.1) is 0 Å². The average molecular weight is 202 g/mol. The maximum Gasteiger partial charge on any atom is 0.334 e. The smallest absolute Gasteiger partial charge is 0.334 e. The van der Waals surface area contributed by atoms with Gasteiger partial charge in [-0.25, -0.2) is 4.79 Å². The molecule has 1 aliphatic rings. The zero-order valence-corrected chi connectivity index (χ0v) is 8.77. The van der Waals surface area contributed by atoms with Gasteiger partial charge in [0.25, 0.3) is 0 Å². The Kier molecular flexibility index (Phi) is 2.86. The monoisotopic (exact) mass is 202 g/mol. The Morgan fingerprint density at radius 3 is 2.73 bits per heavy atom. The van der Waals surface area contributed by atoms with Crippen molar-refractivity contribution in [3.05, 3.63) is 41.5 Å². The summed E-state index contributed by atoms with van der Waals surface area (Å²) in [5.74, 6) is -0.161. The Bertz CT molecular complexity index is 379. The van der Waals surface area contributed by atoms with E-state index in [0.29, 0.717) is 0 Å². The largest absolute Gasteiger partial charge is 0.459 e. The van der Waals surface area contributed by atoms with Gasteiger partial charge in [-0.2, -0.15) is 0 Å². The van der Waals surface area contributed by atoms with Crippen molar-refractivity contribution in [1.29, 1.82) is 0 Å². The first-order chi connectivity index (χ1) is 7.29. The van der Waals surface area contributed by atoms with E-state index in [0.717, 1.165) is 24.0 Å². The number of hydrogen-bond acceptors (Lipinski definition) is 2. The van der Waals surface area contributed by atoms with Crippen LogP contribution < -0.4 is 0 Å². The third kappa shape index (κ3) is 2.27. The van der Waals surface area contributed by atoms with Gasteiger partial charge in [-0.05, 0) is 18.1 Å². The number of benzene rings is 1. The zero-order valence-electron chi connectivity index (χ0n) is 8.77. The molecule has 15 heavy (non-hydrogen) atoms. The lowest BCUT2D eigenvalue weighted by Crippen LogP contribution is -2.03. The second-order valence-electron chi connectivity index (χ2n) is 3.72. The van der Waals surface area contributed by atoms with Crippen molar-refractivity contribution in [2.45, 2.75) is 25.9 Å². The molecule has 2 nitrogen and oxygen atoms in total. The molecule has 2 heteroatoms. The second-order valence-corrected chi connectivity index (χ2v) is 3.72. The summed E-state index contributed by atoms with van der Waals surface area (Å²) in [6.45, 7) is 2.03. The van der Waals surface area contributed by atoms with Crippen LogP contribution in [-0.2, 0) is 9.53 Å². The molecule has 78 valence electrons. The fraction of sp³-hybridized carbons (Fsp3) is 0.308. The molecular formula is C13H14O2. The minimum Gasteiger partial charge on any atom is -0.459 e. The van der Waals surface area contributed by atoms with Gasteiger partial charge in [0.2, 0.25) is 0 Å². The minimum atomic E-state index is -0.161. The molecule has 0 bridgehead atoms. The van der Waals surface area contributed by atoms with Crippen LogP contribution >= 0.6 is 0 Å². The lowest BCUT2D eigenvalue weighted by molar-refractivity contribution is -0.138. The third-order valence-corrected chi connectivity index (χ3v) is 2.58. The summed E-state index contributed by atoms with van der Waals surface area (Å²) >= 11 is 0. The lowest BCUT2D eigenvalue weighted by atomic mass is 10.1. The Morgan fingerprint density at radius 1 is 1.40 bits per heavy atom. The van der Waals surface area contributed by atoms with Crippen LogP contribution in [0.1, 0.15) is 25.3 Å². The van der Waals surface area contributed by atoms with Crippen molar-refractivity contribution in [1.82, 2.24) is 0 Å². The maximum atomic E-state index is 11.5. The van der Waals surface area contributed by atoms with Crippen molar-refractivity contribution in [2.24, 2.45) is 0 Å². The van der Waals surface area contributed by atoms with Crippen LogP contribution in [0.4, 0.5) is 0 Å². The predicted octanol–water partition coefficient (Wildman–Crippen LogP) is 2.80. The average Bonchev–Trinajstić information content (AvgIpc) is 2.61. The number of hydrogen-bond donors (Lipinski definition) is 0. The maximum absolute atomic E-state index is 11.5. The highest BCUT2D eigenvalue weighted by molar-refractivity contribution is 5.95. The number of rotatable bonds is 2. The lowest BCUT2D eigenvalue weighted by Gasteiger charge is -2.01. The van der Waals surface area contributed by atoms with Crippen LogP contribution in [0.5, 0.6) is 0 Å². The minimum absolute atomic E-state index is 0.0764.